The van der Waals surface area contributed by atoms with Crippen LogP contribution in [0.3, 0.4) is 0 Å². The molecule has 162 valence electrons. The smallest absolute Gasteiger partial charge is 0.321 e. The van der Waals surface area contributed by atoms with Crippen LogP contribution in [-0.4, -0.2) is 81.8 Å². The lowest BCUT2D eigenvalue weighted by molar-refractivity contribution is -0.121. The maximum absolute atomic E-state index is 12.0. The summed E-state index contributed by atoms with van der Waals surface area (Å²) in [6, 6.07) is 3.39. The first kappa shape index (κ1) is 22.8. The summed E-state index contributed by atoms with van der Waals surface area (Å²) < 4.78 is 16.3. The zero-order valence-corrected chi connectivity index (χ0v) is 17.9. The molecule has 0 aliphatic carbocycles. The Morgan fingerprint density at radius 1 is 0.966 bits per heavy atom. The highest BCUT2D eigenvalue weighted by atomic mass is 16.5. The number of amides is 3. The van der Waals surface area contributed by atoms with E-state index in [-0.39, 0.29) is 18.5 Å². The van der Waals surface area contributed by atoms with Crippen molar-refractivity contribution in [3.05, 3.63) is 17.7 Å². The number of carbonyl (C=O) groups is 2. The summed E-state index contributed by atoms with van der Waals surface area (Å²) in [5, 5.41) is 5.01. The fourth-order valence-corrected chi connectivity index (χ4v) is 3.30. The molecule has 1 fully saturated rings. The van der Waals surface area contributed by atoms with Gasteiger partial charge in [0.15, 0.2) is 11.5 Å². The van der Waals surface area contributed by atoms with Gasteiger partial charge in [0.25, 0.3) is 0 Å². The lowest BCUT2D eigenvalue weighted by Gasteiger charge is -2.34. The highest BCUT2D eigenvalue weighted by molar-refractivity contribution is 5.95. The van der Waals surface area contributed by atoms with E-state index in [9.17, 15) is 9.59 Å². The topological polar surface area (TPSA) is 92.4 Å². The number of ether oxygens (including phenoxy) is 3. The number of piperazine rings is 1. The van der Waals surface area contributed by atoms with Crippen molar-refractivity contribution in [3.8, 4) is 17.2 Å². The molecule has 1 aliphatic heterocycles. The van der Waals surface area contributed by atoms with Crippen LogP contribution in [0.1, 0.15) is 19.4 Å². The first-order valence-corrected chi connectivity index (χ1v) is 9.70. The Balaban J connectivity index is 1.87. The highest BCUT2D eigenvalue weighted by Gasteiger charge is 2.22. The predicted octanol–water partition coefficient (Wildman–Crippen LogP) is 1.06. The fourth-order valence-electron chi connectivity index (χ4n) is 3.30. The van der Waals surface area contributed by atoms with Gasteiger partial charge in [-0.05, 0) is 19.9 Å². The van der Waals surface area contributed by atoms with Crippen LogP contribution in [0.4, 0.5) is 4.79 Å². The lowest BCUT2D eigenvalue weighted by atomic mass is 10.1. The molecule has 9 nitrogen and oxygen atoms in total. The molecule has 1 aliphatic rings. The van der Waals surface area contributed by atoms with Gasteiger partial charge in [-0.2, -0.15) is 0 Å². The molecular weight excluding hydrogens is 376 g/mol. The van der Waals surface area contributed by atoms with Gasteiger partial charge in [-0.1, -0.05) is 6.07 Å². The molecule has 9 heteroatoms. The molecule has 1 saturated heterocycles. The van der Waals surface area contributed by atoms with Crippen LogP contribution in [0.2, 0.25) is 0 Å². The molecule has 0 saturated carbocycles. The first-order chi connectivity index (χ1) is 13.9. The summed E-state index contributed by atoms with van der Waals surface area (Å²) in [5.41, 5.74) is 1.02. The van der Waals surface area contributed by atoms with Crippen LogP contribution in [0, 0.1) is 0 Å². The van der Waals surface area contributed by atoms with Gasteiger partial charge in [-0.25, -0.2) is 4.79 Å². The fraction of sp³-hybridized carbons (Fsp3) is 0.600. The molecule has 1 aromatic rings. The number of methoxy groups -OCH3 is 3. The Hall–Kier alpha value is -2.52. The molecule has 0 unspecified atom stereocenters. The van der Waals surface area contributed by atoms with E-state index in [0.717, 1.165) is 31.7 Å². The van der Waals surface area contributed by atoms with Crippen molar-refractivity contribution >= 4 is 11.9 Å². The molecule has 0 bridgehead atoms. The van der Waals surface area contributed by atoms with E-state index in [2.05, 4.69) is 15.5 Å². The number of hydrogen-bond donors (Lipinski definition) is 2. The monoisotopic (exact) mass is 408 g/mol. The quantitative estimate of drug-likeness (QED) is 0.665. The van der Waals surface area contributed by atoms with E-state index in [4.69, 9.17) is 14.2 Å². The summed E-state index contributed by atoms with van der Waals surface area (Å²) in [4.78, 5) is 28.0. The molecule has 1 heterocycles. The van der Waals surface area contributed by atoms with Gasteiger partial charge in [0.2, 0.25) is 11.7 Å². The van der Waals surface area contributed by atoms with Gasteiger partial charge < -0.3 is 19.5 Å². The summed E-state index contributed by atoms with van der Waals surface area (Å²) in [6.45, 7) is 7.71. The van der Waals surface area contributed by atoms with Gasteiger partial charge in [-0.3, -0.25) is 19.9 Å². The van der Waals surface area contributed by atoms with Crippen LogP contribution >= 0.6 is 0 Å². The van der Waals surface area contributed by atoms with Crippen LogP contribution in [0.5, 0.6) is 17.2 Å². The van der Waals surface area contributed by atoms with Crippen LogP contribution in [0.25, 0.3) is 0 Å². The largest absolute Gasteiger partial charge is 0.493 e. The van der Waals surface area contributed by atoms with E-state index in [1.165, 1.54) is 0 Å². The number of urea groups is 1. The summed E-state index contributed by atoms with van der Waals surface area (Å²) in [6.07, 6.45) is 0. The number of hydrogen-bond acceptors (Lipinski definition) is 7. The molecule has 29 heavy (non-hydrogen) atoms. The molecule has 0 spiro atoms. The average molecular weight is 408 g/mol. The Morgan fingerprint density at radius 2 is 1.59 bits per heavy atom. The van der Waals surface area contributed by atoms with Gasteiger partial charge in [-0.15, -0.1) is 0 Å². The SMILES string of the molecule is COc1ccc(CN2CCN(CC(=O)NC(=O)NC(C)C)CC2)c(OC)c1OC. The number of carbonyl (C=O) groups excluding carboxylic acids is 2. The normalized spacial score (nSPS) is 15.1. The number of imide groups is 1. The second kappa shape index (κ2) is 10.9. The van der Waals surface area contributed by atoms with E-state index in [1.54, 1.807) is 21.3 Å². The van der Waals surface area contributed by atoms with Crippen LogP contribution in [-0.2, 0) is 11.3 Å². The molecule has 1 aromatic carbocycles. The average Bonchev–Trinajstić information content (AvgIpc) is 2.68. The Labute approximate surface area is 172 Å². The molecule has 2 rings (SSSR count). The number of nitrogens with one attached hydrogen (secondary N) is 2. The summed E-state index contributed by atoms with van der Waals surface area (Å²) in [7, 11) is 4.81. The highest BCUT2D eigenvalue weighted by Crippen LogP contribution is 2.40. The molecule has 3 amide bonds. The molecular formula is C20H32N4O5. The van der Waals surface area contributed by atoms with Crippen molar-refractivity contribution in [2.75, 3.05) is 54.1 Å². The number of nitrogens with zero attached hydrogens (tertiary/aromatic N) is 2. The predicted molar refractivity (Wildman–Crippen MR) is 110 cm³/mol. The maximum atomic E-state index is 12.0. The molecule has 0 aromatic heterocycles. The van der Waals surface area contributed by atoms with Crippen molar-refractivity contribution in [1.29, 1.82) is 0 Å². The minimum Gasteiger partial charge on any atom is -0.493 e. The van der Waals surface area contributed by atoms with Gasteiger partial charge in [0.05, 0.1) is 27.9 Å². The Kier molecular flexibility index (Phi) is 8.53. The third-order valence-electron chi connectivity index (χ3n) is 4.68. The minimum atomic E-state index is -0.454. The standard InChI is InChI=1S/C20H32N4O5/c1-14(2)21-20(26)22-17(25)13-24-10-8-23(9-11-24)12-15-6-7-16(27-3)19(29-5)18(15)28-4/h6-7,14H,8-13H2,1-5H3,(H2,21,22,25,26). The van der Waals surface area contributed by atoms with Gasteiger partial charge >= 0.3 is 6.03 Å². The lowest BCUT2D eigenvalue weighted by Crippen LogP contribution is -2.51. The number of benzene rings is 1. The second-order valence-electron chi connectivity index (χ2n) is 7.22. The van der Waals surface area contributed by atoms with Gasteiger partial charge in [0, 0.05) is 44.3 Å². The Bertz CT molecular complexity index is 702. The van der Waals surface area contributed by atoms with Crippen molar-refractivity contribution in [3.63, 3.8) is 0 Å². The van der Waals surface area contributed by atoms with Crippen molar-refractivity contribution < 1.29 is 23.8 Å². The van der Waals surface area contributed by atoms with E-state index >= 15 is 0 Å². The zero-order chi connectivity index (χ0) is 21.4. The van der Waals surface area contributed by atoms with E-state index < -0.39 is 6.03 Å². The van der Waals surface area contributed by atoms with E-state index in [1.807, 2.05) is 30.9 Å². The second-order valence-corrected chi connectivity index (χ2v) is 7.22. The van der Waals surface area contributed by atoms with Crippen molar-refractivity contribution in [2.45, 2.75) is 26.4 Å². The van der Waals surface area contributed by atoms with Crippen LogP contribution in [0.15, 0.2) is 12.1 Å². The first-order valence-electron chi connectivity index (χ1n) is 9.70. The van der Waals surface area contributed by atoms with Crippen LogP contribution < -0.4 is 24.8 Å². The summed E-state index contributed by atoms with van der Waals surface area (Å²) >= 11 is 0. The Morgan fingerprint density at radius 3 is 2.14 bits per heavy atom. The summed E-state index contributed by atoms with van der Waals surface area (Å²) in [5.74, 6) is 1.59. The maximum Gasteiger partial charge on any atom is 0.321 e. The number of rotatable bonds is 8. The molecule has 0 atom stereocenters. The minimum absolute atomic E-state index is 0.0140. The van der Waals surface area contributed by atoms with E-state index in [0.29, 0.717) is 23.8 Å². The molecule has 0 radical (unpaired) electrons. The zero-order valence-electron chi connectivity index (χ0n) is 17.9. The molecule has 2 N–H and O–H groups in total. The van der Waals surface area contributed by atoms with Crippen molar-refractivity contribution in [2.24, 2.45) is 0 Å². The van der Waals surface area contributed by atoms with Gasteiger partial charge in [0.1, 0.15) is 0 Å². The third-order valence-corrected chi connectivity index (χ3v) is 4.68. The van der Waals surface area contributed by atoms with Crippen molar-refractivity contribution in [1.82, 2.24) is 20.4 Å². The third kappa shape index (κ3) is 6.50.